The second kappa shape index (κ2) is 8.06. The molecule has 0 amide bonds. The van der Waals surface area contributed by atoms with Gasteiger partial charge in [0, 0.05) is 19.3 Å². The summed E-state index contributed by atoms with van der Waals surface area (Å²) in [5.41, 5.74) is -4.45. The summed E-state index contributed by atoms with van der Waals surface area (Å²) < 4.78 is 84.2. The van der Waals surface area contributed by atoms with E-state index in [-0.39, 0.29) is 37.6 Å². The van der Waals surface area contributed by atoms with Crippen LogP contribution in [0.3, 0.4) is 0 Å². The van der Waals surface area contributed by atoms with Gasteiger partial charge >= 0.3 is 12.4 Å². The van der Waals surface area contributed by atoms with Gasteiger partial charge in [0.05, 0.1) is 41.1 Å². The molecule has 0 N–H and O–H groups in total. The first-order valence-electron chi connectivity index (χ1n) is 8.65. The standard InChI is InChI=1S/C19H14ClF6N3O/c20-15-9-14(19(24,25)26)10-28-16(15)17(11-27,29-4-6-30-7-5-29)12-2-1-3-13(8-12)18(21,22)23/h1-3,8-10H,4-7H2/t17-/m0/s1. The fraction of sp³-hybridized carbons (Fsp3) is 0.368. The molecule has 30 heavy (non-hydrogen) atoms. The molecular weight excluding hydrogens is 436 g/mol. The lowest BCUT2D eigenvalue weighted by Crippen LogP contribution is -2.52. The van der Waals surface area contributed by atoms with Gasteiger partial charge in [-0.15, -0.1) is 0 Å². The summed E-state index contributed by atoms with van der Waals surface area (Å²) >= 11 is 6.10. The van der Waals surface area contributed by atoms with Gasteiger partial charge in [0.15, 0.2) is 5.54 Å². The Morgan fingerprint density at radius 2 is 1.57 bits per heavy atom. The highest BCUT2D eigenvalue weighted by atomic mass is 35.5. The fourth-order valence-corrected chi connectivity index (χ4v) is 3.64. The van der Waals surface area contributed by atoms with Crippen molar-refractivity contribution in [3.63, 3.8) is 0 Å². The van der Waals surface area contributed by atoms with Crippen molar-refractivity contribution in [1.82, 2.24) is 9.88 Å². The molecule has 11 heteroatoms. The van der Waals surface area contributed by atoms with E-state index >= 15 is 0 Å². The number of halogens is 7. The fourth-order valence-electron chi connectivity index (χ4n) is 3.34. The van der Waals surface area contributed by atoms with Gasteiger partial charge in [0.1, 0.15) is 0 Å². The highest BCUT2D eigenvalue weighted by Gasteiger charge is 2.46. The number of alkyl halides is 6. The largest absolute Gasteiger partial charge is 0.417 e. The Labute approximate surface area is 172 Å². The quantitative estimate of drug-likeness (QED) is 0.627. The van der Waals surface area contributed by atoms with Crippen LogP contribution >= 0.6 is 11.6 Å². The number of morpholine rings is 1. The van der Waals surface area contributed by atoms with Crippen LogP contribution in [-0.2, 0) is 22.6 Å². The molecule has 1 atom stereocenters. The normalized spacial score (nSPS) is 17.9. The Hall–Kier alpha value is -2.35. The summed E-state index contributed by atoms with van der Waals surface area (Å²) in [6.07, 6.45) is -8.89. The van der Waals surface area contributed by atoms with Gasteiger partial charge in [0.2, 0.25) is 0 Å². The monoisotopic (exact) mass is 449 g/mol. The molecule has 1 aromatic carbocycles. The van der Waals surface area contributed by atoms with E-state index in [0.29, 0.717) is 12.3 Å². The number of aromatic nitrogens is 1. The third-order valence-corrected chi connectivity index (χ3v) is 5.05. The number of ether oxygens (including phenoxy) is 1. The van der Waals surface area contributed by atoms with Crippen molar-refractivity contribution < 1.29 is 31.1 Å². The van der Waals surface area contributed by atoms with Crippen molar-refractivity contribution in [2.45, 2.75) is 17.9 Å². The summed E-state index contributed by atoms with van der Waals surface area (Å²) in [6, 6.07) is 6.63. The lowest BCUT2D eigenvalue weighted by Gasteiger charge is -2.41. The van der Waals surface area contributed by atoms with E-state index in [1.165, 1.54) is 11.0 Å². The summed E-state index contributed by atoms with van der Waals surface area (Å²) in [6.45, 7) is 0.646. The number of rotatable bonds is 3. The molecule has 160 valence electrons. The van der Waals surface area contributed by atoms with Crippen LogP contribution in [0.25, 0.3) is 0 Å². The zero-order valence-corrected chi connectivity index (χ0v) is 15.9. The second-order valence-electron chi connectivity index (χ2n) is 6.55. The molecule has 0 unspecified atom stereocenters. The lowest BCUT2D eigenvalue weighted by atomic mass is 9.84. The Balaban J connectivity index is 2.25. The molecule has 1 fully saturated rings. The number of nitriles is 1. The van der Waals surface area contributed by atoms with Gasteiger partial charge in [-0.3, -0.25) is 9.88 Å². The molecule has 1 aliphatic heterocycles. The molecule has 0 saturated carbocycles. The van der Waals surface area contributed by atoms with Crippen LogP contribution in [0.1, 0.15) is 22.4 Å². The smallest absolute Gasteiger partial charge is 0.379 e. The molecule has 0 bridgehead atoms. The van der Waals surface area contributed by atoms with Crippen LogP contribution in [0.4, 0.5) is 26.3 Å². The van der Waals surface area contributed by atoms with Crippen LogP contribution in [0.5, 0.6) is 0 Å². The Morgan fingerprint density at radius 1 is 0.967 bits per heavy atom. The molecule has 1 aliphatic rings. The summed E-state index contributed by atoms with van der Waals surface area (Å²) in [4.78, 5) is 5.30. The zero-order chi connectivity index (χ0) is 22.2. The number of nitrogens with zero attached hydrogens (tertiary/aromatic N) is 3. The summed E-state index contributed by atoms with van der Waals surface area (Å²) in [5.74, 6) is 0. The maximum absolute atomic E-state index is 13.3. The minimum absolute atomic E-state index is 0.101. The van der Waals surface area contributed by atoms with Crippen LogP contribution in [-0.4, -0.2) is 36.2 Å². The highest BCUT2D eigenvalue weighted by molar-refractivity contribution is 6.31. The molecule has 0 aliphatic carbocycles. The lowest BCUT2D eigenvalue weighted by molar-refractivity contribution is -0.138. The van der Waals surface area contributed by atoms with E-state index in [4.69, 9.17) is 16.3 Å². The van der Waals surface area contributed by atoms with E-state index in [0.717, 1.165) is 18.2 Å². The van der Waals surface area contributed by atoms with Gasteiger partial charge < -0.3 is 4.74 Å². The van der Waals surface area contributed by atoms with Crippen LogP contribution in [0, 0.1) is 11.3 Å². The number of pyridine rings is 1. The number of benzene rings is 1. The van der Waals surface area contributed by atoms with E-state index in [9.17, 15) is 31.6 Å². The predicted octanol–water partition coefficient (Wildman–Crippen LogP) is 4.87. The van der Waals surface area contributed by atoms with Crippen molar-refractivity contribution in [3.05, 3.63) is 63.9 Å². The van der Waals surface area contributed by atoms with E-state index in [1.807, 2.05) is 6.07 Å². The van der Waals surface area contributed by atoms with E-state index in [1.54, 1.807) is 0 Å². The van der Waals surface area contributed by atoms with Crippen molar-refractivity contribution in [3.8, 4) is 6.07 Å². The van der Waals surface area contributed by atoms with Gasteiger partial charge in [-0.1, -0.05) is 23.7 Å². The topological polar surface area (TPSA) is 49.2 Å². The third-order valence-electron chi connectivity index (χ3n) is 4.77. The number of hydrogen-bond acceptors (Lipinski definition) is 4. The van der Waals surface area contributed by atoms with Crippen molar-refractivity contribution >= 4 is 11.6 Å². The molecule has 0 radical (unpaired) electrons. The molecule has 4 nitrogen and oxygen atoms in total. The average molecular weight is 450 g/mol. The third kappa shape index (κ3) is 4.10. The maximum Gasteiger partial charge on any atom is 0.417 e. The molecule has 1 aromatic heterocycles. The summed E-state index contributed by atoms with van der Waals surface area (Å²) in [5, 5.41) is 9.67. The molecule has 2 heterocycles. The maximum atomic E-state index is 13.3. The Kier molecular flexibility index (Phi) is 6.00. The van der Waals surface area contributed by atoms with Gasteiger partial charge in [0.25, 0.3) is 0 Å². The Morgan fingerprint density at radius 3 is 2.10 bits per heavy atom. The molecule has 3 rings (SSSR count). The first kappa shape index (κ1) is 22.3. The minimum Gasteiger partial charge on any atom is -0.379 e. The van der Waals surface area contributed by atoms with Crippen molar-refractivity contribution in [1.29, 1.82) is 5.26 Å². The summed E-state index contributed by atoms with van der Waals surface area (Å²) in [7, 11) is 0. The van der Waals surface area contributed by atoms with E-state index in [2.05, 4.69) is 4.98 Å². The first-order valence-corrected chi connectivity index (χ1v) is 9.03. The molecule has 0 spiro atoms. The number of hydrogen-bond donors (Lipinski definition) is 0. The van der Waals surface area contributed by atoms with Crippen LogP contribution in [0.15, 0.2) is 36.5 Å². The van der Waals surface area contributed by atoms with Crippen LogP contribution in [0.2, 0.25) is 5.02 Å². The molecule has 2 aromatic rings. The van der Waals surface area contributed by atoms with Gasteiger partial charge in [-0.25, -0.2) is 0 Å². The SMILES string of the molecule is N#C[C@](c1cccc(C(F)(F)F)c1)(c1ncc(C(F)(F)F)cc1Cl)N1CCOCC1. The zero-order valence-electron chi connectivity index (χ0n) is 15.2. The first-order chi connectivity index (χ1) is 14.0. The van der Waals surface area contributed by atoms with Gasteiger partial charge in [-0.2, -0.15) is 31.6 Å². The predicted molar refractivity (Wildman–Crippen MR) is 94.5 cm³/mol. The van der Waals surface area contributed by atoms with Crippen molar-refractivity contribution in [2.24, 2.45) is 0 Å². The molecular formula is C19H14ClF6N3O. The second-order valence-corrected chi connectivity index (χ2v) is 6.96. The van der Waals surface area contributed by atoms with Crippen LogP contribution < -0.4 is 0 Å². The minimum atomic E-state index is -4.72. The van der Waals surface area contributed by atoms with Crippen molar-refractivity contribution in [2.75, 3.05) is 26.3 Å². The Bertz CT molecular complexity index is 966. The van der Waals surface area contributed by atoms with E-state index < -0.39 is 34.0 Å². The highest BCUT2D eigenvalue weighted by Crippen LogP contribution is 2.42. The van der Waals surface area contributed by atoms with Gasteiger partial charge in [-0.05, 0) is 23.8 Å². The average Bonchev–Trinajstić information content (AvgIpc) is 2.69. The molecule has 1 saturated heterocycles.